The Kier molecular flexibility index (Phi) is 5.98. The molecule has 2 heterocycles. The molecule has 1 aromatic carbocycles. The number of fused-ring (bicyclic) bond motifs is 1. The Morgan fingerprint density at radius 2 is 2.19 bits per heavy atom. The normalized spacial score (nSPS) is 16.3. The van der Waals surface area contributed by atoms with E-state index >= 15 is 0 Å². The molecule has 0 radical (unpaired) electrons. The number of likely N-dealkylation sites (N-methyl/N-ethyl adjacent to an activating group) is 1. The number of hydrogen-bond donors (Lipinski definition) is 2. The Labute approximate surface area is 161 Å². The summed E-state index contributed by atoms with van der Waals surface area (Å²) < 4.78 is 7.01. The highest BCUT2D eigenvalue weighted by molar-refractivity contribution is 6.30. The number of β-amino-alcohol motifs (C(OH)–C–C–N with tert-alkyl or cyclic N) is 1. The van der Waals surface area contributed by atoms with Crippen molar-refractivity contribution in [1.82, 2.24) is 20.0 Å². The summed E-state index contributed by atoms with van der Waals surface area (Å²) in [7, 11) is 0. The lowest BCUT2D eigenvalue weighted by Crippen LogP contribution is -2.35. The molecule has 2 N–H and O–H groups in total. The molecule has 0 spiro atoms. The van der Waals surface area contributed by atoms with Crippen molar-refractivity contribution in [2.24, 2.45) is 0 Å². The van der Waals surface area contributed by atoms with Gasteiger partial charge in [0.15, 0.2) is 5.69 Å². The van der Waals surface area contributed by atoms with Gasteiger partial charge in [-0.2, -0.15) is 5.10 Å². The topological polar surface area (TPSA) is 96.7 Å². The number of ether oxygens (including phenoxy) is 1. The number of carbonyl (C=O) groups is 2. The molecule has 0 saturated carbocycles. The number of benzene rings is 1. The smallest absolute Gasteiger partial charge is 0.274 e. The fraction of sp³-hybridized carbons (Fsp3) is 0.389. The van der Waals surface area contributed by atoms with E-state index in [2.05, 4.69) is 10.4 Å². The number of aromatic nitrogens is 2. The number of rotatable bonds is 6. The molecule has 8 nitrogen and oxygen atoms in total. The molecule has 0 bridgehead atoms. The van der Waals surface area contributed by atoms with Crippen molar-refractivity contribution < 1.29 is 19.4 Å². The average Bonchev–Trinajstić information content (AvgIpc) is 3.02. The van der Waals surface area contributed by atoms with Gasteiger partial charge in [0.05, 0.1) is 19.2 Å². The Hall–Kier alpha value is -2.58. The van der Waals surface area contributed by atoms with Crippen LogP contribution in [0.2, 0.25) is 5.02 Å². The van der Waals surface area contributed by atoms with Crippen LogP contribution < -0.4 is 10.1 Å². The monoisotopic (exact) mass is 392 g/mol. The van der Waals surface area contributed by atoms with Crippen LogP contribution in [0, 0.1) is 0 Å². The van der Waals surface area contributed by atoms with E-state index in [1.54, 1.807) is 29.2 Å². The number of halogens is 1. The third-order valence-corrected chi connectivity index (χ3v) is 4.48. The van der Waals surface area contributed by atoms with E-state index in [0.29, 0.717) is 30.5 Å². The van der Waals surface area contributed by atoms with E-state index in [1.165, 1.54) is 10.7 Å². The molecule has 0 saturated heterocycles. The van der Waals surface area contributed by atoms with Gasteiger partial charge in [-0.05, 0) is 31.2 Å². The molecule has 3 rings (SSSR count). The van der Waals surface area contributed by atoms with Gasteiger partial charge in [0.2, 0.25) is 0 Å². The average molecular weight is 393 g/mol. The minimum absolute atomic E-state index is 0.160. The molecule has 2 aromatic rings. The minimum Gasteiger partial charge on any atom is -0.492 e. The molecular weight excluding hydrogens is 372 g/mol. The minimum atomic E-state index is -0.742. The van der Waals surface area contributed by atoms with Crippen LogP contribution in [0.15, 0.2) is 30.3 Å². The molecule has 144 valence electrons. The van der Waals surface area contributed by atoms with Crippen molar-refractivity contribution in [1.29, 1.82) is 0 Å². The lowest BCUT2D eigenvalue weighted by atomic mass is 10.3. The van der Waals surface area contributed by atoms with Crippen LogP contribution in [0.4, 0.5) is 0 Å². The molecule has 2 amide bonds. The predicted molar refractivity (Wildman–Crippen MR) is 99.1 cm³/mol. The molecule has 0 fully saturated rings. The number of amides is 2. The van der Waals surface area contributed by atoms with E-state index in [-0.39, 0.29) is 36.3 Å². The Morgan fingerprint density at radius 1 is 1.44 bits per heavy atom. The fourth-order valence-corrected chi connectivity index (χ4v) is 2.90. The highest BCUT2D eigenvalue weighted by Gasteiger charge is 2.26. The first kappa shape index (κ1) is 19.2. The molecule has 1 aliphatic rings. The van der Waals surface area contributed by atoms with Crippen LogP contribution in [0.25, 0.3) is 0 Å². The van der Waals surface area contributed by atoms with E-state index in [9.17, 15) is 14.7 Å². The second-order valence-electron chi connectivity index (χ2n) is 6.15. The van der Waals surface area contributed by atoms with Crippen molar-refractivity contribution in [2.75, 3.05) is 26.2 Å². The van der Waals surface area contributed by atoms with Crippen LogP contribution in [-0.4, -0.2) is 63.9 Å². The zero-order chi connectivity index (χ0) is 19.4. The van der Waals surface area contributed by atoms with Crippen molar-refractivity contribution in [3.63, 3.8) is 0 Å². The molecule has 1 atom stereocenters. The van der Waals surface area contributed by atoms with E-state index in [4.69, 9.17) is 16.3 Å². The number of hydrogen-bond acceptors (Lipinski definition) is 5. The van der Waals surface area contributed by atoms with Crippen molar-refractivity contribution in [3.8, 4) is 5.75 Å². The number of nitrogens with one attached hydrogen (secondary N) is 1. The van der Waals surface area contributed by atoms with Crippen LogP contribution in [-0.2, 0) is 6.54 Å². The SMILES string of the molecule is CCN(CCOc1ccc(Cl)cc1)C(=O)c1cc2n(n1)CC(O)CNC2=O. The maximum atomic E-state index is 12.7. The van der Waals surface area contributed by atoms with Gasteiger partial charge in [-0.25, -0.2) is 0 Å². The standard InChI is InChI=1S/C18H21ClN4O4/c1-2-22(7-8-27-14-5-3-12(19)4-6-14)18(26)15-9-16-17(25)20-10-13(24)11-23(16)21-15/h3-6,9,13,24H,2,7-8,10-11H2,1H3,(H,20,25). The van der Waals surface area contributed by atoms with Crippen LogP contribution in [0.5, 0.6) is 5.75 Å². The molecule has 9 heteroatoms. The molecule has 1 unspecified atom stereocenters. The summed E-state index contributed by atoms with van der Waals surface area (Å²) >= 11 is 5.84. The highest BCUT2D eigenvalue weighted by Crippen LogP contribution is 2.16. The Morgan fingerprint density at radius 3 is 2.89 bits per heavy atom. The van der Waals surface area contributed by atoms with Crippen molar-refractivity contribution >= 4 is 23.4 Å². The third-order valence-electron chi connectivity index (χ3n) is 4.23. The second-order valence-corrected chi connectivity index (χ2v) is 6.58. The highest BCUT2D eigenvalue weighted by atomic mass is 35.5. The third kappa shape index (κ3) is 4.58. The number of aliphatic hydroxyl groups excluding tert-OH is 1. The summed E-state index contributed by atoms with van der Waals surface area (Å²) in [5, 5.41) is 17.2. The van der Waals surface area contributed by atoms with Gasteiger partial charge < -0.3 is 20.1 Å². The first-order valence-electron chi connectivity index (χ1n) is 8.69. The largest absolute Gasteiger partial charge is 0.492 e. The Balaban J connectivity index is 1.64. The summed E-state index contributed by atoms with van der Waals surface area (Å²) in [6, 6.07) is 8.45. The molecule has 27 heavy (non-hydrogen) atoms. The summed E-state index contributed by atoms with van der Waals surface area (Å²) in [6.45, 7) is 3.34. The van der Waals surface area contributed by atoms with Gasteiger partial charge in [-0.3, -0.25) is 14.3 Å². The van der Waals surface area contributed by atoms with Crippen LogP contribution in [0.3, 0.4) is 0 Å². The zero-order valence-corrected chi connectivity index (χ0v) is 15.6. The Bertz CT molecular complexity index is 821. The first-order valence-corrected chi connectivity index (χ1v) is 9.07. The van der Waals surface area contributed by atoms with Gasteiger partial charge in [-0.1, -0.05) is 11.6 Å². The van der Waals surface area contributed by atoms with E-state index in [0.717, 1.165) is 0 Å². The summed E-state index contributed by atoms with van der Waals surface area (Å²) in [5.41, 5.74) is 0.436. The van der Waals surface area contributed by atoms with Crippen molar-refractivity contribution in [2.45, 2.75) is 19.6 Å². The first-order chi connectivity index (χ1) is 13.0. The summed E-state index contributed by atoms with van der Waals surface area (Å²) in [5.74, 6) is 0.0227. The number of carbonyl (C=O) groups excluding carboxylic acids is 2. The summed E-state index contributed by atoms with van der Waals surface area (Å²) in [6.07, 6.45) is -0.742. The summed E-state index contributed by atoms with van der Waals surface area (Å²) in [4.78, 5) is 26.4. The van der Waals surface area contributed by atoms with Crippen molar-refractivity contribution in [3.05, 3.63) is 46.7 Å². The van der Waals surface area contributed by atoms with Crippen LogP contribution in [0.1, 0.15) is 27.9 Å². The predicted octanol–water partition coefficient (Wildman–Crippen LogP) is 1.18. The molecule has 1 aromatic heterocycles. The lowest BCUT2D eigenvalue weighted by Gasteiger charge is -2.20. The lowest BCUT2D eigenvalue weighted by molar-refractivity contribution is 0.0731. The van der Waals surface area contributed by atoms with E-state index < -0.39 is 6.10 Å². The van der Waals surface area contributed by atoms with E-state index in [1.807, 2.05) is 6.92 Å². The van der Waals surface area contributed by atoms with Gasteiger partial charge >= 0.3 is 0 Å². The molecule has 1 aliphatic heterocycles. The number of nitrogens with zero attached hydrogens (tertiary/aromatic N) is 3. The zero-order valence-electron chi connectivity index (χ0n) is 14.9. The number of aliphatic hydroxyl groups is 1. The van der Waals surface area contributed by atoms with Crippen LogP contribution >= 0.6 is 11.6 Å². The molecule has 0 aliphatic carbocycles. The molecular formula is C18H21ClN4O4. The van der Waals surface area contributed by atoms with Gasteiger partial charge in [0.25, 0.3) is 11.8 Å². The maximum Gasteiger partial charge on any atom is 0.274 e. The van der Waals surface area contributed by atoms with Gasteiger partial charge in [0.1, 0.15) is 18.1 Å². The fourth-order valence-electron chi connectivity index (χ4n) is 2.78. The van der Waals surface area contributed by atoms with Gasteiger partial charge in [0, 0.05) is 24.2 Å². The van der Waals surface area contributed by atoms with Gasteiger partial charge in [-0.15, -0.1) is 0 Å². The second kappa shape index (κ2) is 8.41. The maximum absolute atomic E-state index is 12.7. The quantitative estimate of drug-likeness (QED) is 0.769.